The summed E-state index contributed by atoms with van der Waals surface area (Å²) in [5.41, 5.74) is 1.00. The highest BCUT2D eigenvalue weighted by Crippen LogP contribution is 2.00. The molecule has 0 radical (unpaired) electrons. The summed E-state index contributed by atoms with van der Waals surface area (Å²) in [7, 11) is 0. The highest BCUT2D eigenvalue weighted by atomic mass is 16.1. The van der Waals surface area contributed by atoms with Crippen LogP contribution in [-0.2, 0) is 4.79 Å². The fraction of sp³-hybridized carbons (Fsp3) is 0. The van der Waals surface area contributed by atoms with Gasteiger partial charge >= 0.3 is 0 Å². The molecule has 0 bridgehead atoms. The Morgan fingerprint density at radius 2 is 2.00 bits per heavy atom. The molecule has 0 aliphatic rings. The van der Waals surface area contributed by atoms with Gasteiger partial charge in [0.1, 0.15) is 0 Å². The van der Waals surface area contributed by atoms with Crippen LogP contribution in [0, 0.1) is 0 Å². The standard InChI is InChI=1S/C11H11NO/c1-2-12-11(13)9-8-10-6-4-3-5-7-10/h2-9H,1H2,(H,12,13)/b9-8+. The minimum Gasteiger partial charge on any atom is -0.330 e. The van der Waals surface area contributed by atoms with E-state index in [2.05, 4.69) is 11.9 Å². The minimum atomic E-state index is -0.168. The maximum absolute atomic E-state index is 10.9. The lowest BCUT2D eigenvalue weighted by molar-refractivity contribution is -0.115. The van der Waals surface area contributed by atoms with Crippen LogP contribution in [0.5, 0.6) is 0 Å². The second kappa shape index (κ2) is 4.93. The molecule has 0 atom stereocenters. The molecule has 0 fully saturated rings. The van der Waals surface area contributed by atoms with Crippen LogP contribution < -0.4 is 5.32 Å². The van der Waals surface area contributed by atoms with E-state index in [1.807, 2.05) is 30.3 Å². The third kappa shape index (κ3) is 3.38. The second-order valence-corrected chi connectivity index (χ2v) is 2.46. The summed E-state index contributed by atoms with van der Waals surface area (Å²) in [5.74, 6) is -0.168. The zero-order valence-corrected chi connectivity index (χ0v) is 7.23. The van der Waals surface area contributed by atoms with Gasteiger partial charge in [-0.3, -0.25) is 4.79 Å². The summed E-state index contributed by atoms with van der Waals surface area (Å²) >= 11 is 0. The first-order chi connectivity index (χ1) is 6.33. The van der Waals surface area contributed by atoms with Crippen molar-refractivity contribution in [3.8, 4) is 0 Å². The molecule has 0 aliphatic carbocycles. The normalized spacial score (nSPS) is 9.85. The number of carbonyl (C=O) groups excluding carboxylic acids is 1. The Labute approximate surface area is 77.6 Å². The second-order valence-electron chi connectivity index (χ2n) is 2.46. The smallest absolute Gasteiger partial charge is 0.247 e. The summed E-state index contributed by atoms with van der Waals surface area (Å²) < 4.78 is 0. The lowest BCUT2D eigenvalue weighted by Gasteiger charge is -1.92. The molecule has 1 amide bonds. The van der Waals surface area contributed by atoms with Crippen LogP contribution in [0.2, 0.25) is 0 Å². The molecular formula is C11H11NO. The highest BCUT2D eigenvalue weighted by Gasteiger charge is 1.88. The van der Waals surface area contributed by atoms with Crippen molar-refractivity contribution in [2.75, 3.05) is 0 Å². The van der Waals surface area contributed by atoms with Crippen LogP contribution in [0.4, 0.5) is 0 Å². The number of nitrogens with one attached hydrogen (secondary N) is 1. The van der Waals surface area contributed by atoms with Gasteiger partial charge < -0.3 is 5.32 Å². The summed E-state index contributed by atoms with van der Waals surface area (Å²) in [6.45, 7) is 3.39. The Kier molecular flexibility index (Phi) is 3.51. The van der Waals surface area contributed by atoms with Crippen molar-refractivity contribution in [3.63, 3.8) is 0 Å². The van der Waals surface area contributed by atoms with E-state index in [4.69, 9.17) is 0 Å². The van der Waals surface area contributed by atoms with Gasteiger partial charge in [-0.25, -0.2) is 0 Å². The summed E-state index contributed by atoms with van der Waals surface area (Å²) in [4.78, 5) is 10.9. The Balaban J connectivity index is 2.58. The molecule has 2 heteroatoms. The van der Waals surface area contributed by atoms with E-state index >= 15 is 0 Å². The van der Waals surface area contributed by atoms with Crippen LogP contribution in [0.1, 0.15) is 5.56 Å². The Morgan fingerprint density at radius 1 is 1.31 bits per heavy atom. The molecule has 0 unspecified atom stereocenters. The fourth-order valence-corrected chi connectivity index (χ4v) is 0.885. The van der Waals surface area contributed by atoms with Crippen molar-refractivity contribution >= 4 is 12.0 Å². The molecule has 0 aliphatic heterocycles. The van der Waals surface area contributed by atoms with Gasteiger partial charge in [0.2, 0.25) is 5.91 Å². The van der Waals surface area contributed by atoms with E-state index in [0.717, 1.165) is 5.56 Å². The van der Waals surface area contributed by atoms with Gasteiger partial charge in [-0.15, -0.1) is 0 Å². The number of hydrogen-bond acceptors (Lipinski definition) is 1. The van der Waals surface area contributed by atoms with E-state index in [-0.39, 0.29) is 5.91 Å². The molecule has 1 rings (SSSR count). The fourth-order valence-electron chi connectivity index (χ4n) is 0.885. The molecule has 2 nitrogen and oxygen atoms in total. The van der Waals surface area contributed by atoms with Gasteiger partial charge in [-0.1, -0.05) is 36.9 Å². The van der Waals surface area contributed by atoms with Crippen molar-refractivity contribution in [2.24, 2.45) is 0 Å². The van der Waals surface area contributed by atoms with Crippen molar-refractivity contribution in [3.05, 3.63) is 54.8 Å². The largest absolute Gasteiger partial charge is 0.330 e. The Morgan fingerprint density at radius 3 is 2.62 bits per heavy atom. The van der Waals surface area contributed by atoms with E-state index < -0.39 is 0 Å². The van der Waals surface area contributed by atoms with E-state index in [0.29, 0.717) is 0 Å². The molecule has 13 heavy (non-hydrogen) atoms. The Bertz CT molecular complexity index is 314. The van der Waals surface area contributed by atoms with Crippen molar-refractivity contribution in [1.29, 1.82) is 0 Å². The first-order valence-corrected chi connectivity index (χ1v) is 3.97. The minimum absolute atomic E-state index is 0.168. The first kappa shape index (κ1) is 9.26. The molecule has 1 N–H and O–H groups in total. The molecule has 0 saturated carbocycles. The van der Waals surface area contributed by atoms with Gasteiger partial charge in [0.15, 0.2) is 0 Å². The topological polar surface area (TPSA) is 29.1 Å². The monoisotopic (exact) mass is 173 g/mol. The molecule has 0 aromatic heterocycles. The molecule has 1 aromatic rings. The predicted molar refractivity (Wildman–Crippen MR) is 53.8 cm³/mol. The van der Waals surface area contributed by atoms with Gasteiger partial charge in [-0.2, -0.15) is 0 Å². The number of carbonyl (C=O) groups is 1. The van der Waals surface area contributed by atoms with Crippen molar-refractivity contribution in [2.45, 2.75) is 0 Å². The summed E-state index contributed by atoms with van der Waals surface area (Å²) in [6, 6.07) is 9.63. The van der Waals surface area contributed by atoms with E-state index in [1.54, 1.807) is 6.08 Å². The molecule has 1 aromatic carbocycles. The number of amides is 1. The van der Waals surface area contributed by atoms with E-state index in [9.17, 15) is 4.79 Å². The zero-order valence-electron chi connectivity index (χ0n) is 7.23. The maximum Gasteiger partial charge on any atom is 0.247 e. The molecule has 0 spiro atoms. The zero-order chi connectivity index (χ0) is 9.52. The predicted octanol–water partition coefficient (Wildman–Crippen LogP) is 1.96. The van der Waals surface area contributed by atoms with Gasteiger partial charge in [0.05, 0.1) is 0 Å². The number of rotatable bonds is 3. The average Bonchev–Trinajstić information content (AvgIpc) is 2.17. The lowest BCUT2D eigenvalue weighted by Crippen LogP contribution is -2.12. The third-order valence-electron chi connectivity index (χ3n) is 1.47. The summed E-state index contributed by atoms with van der Waals surface area (Å²) in [6.07, 6.45) is 4.58. The summed E-state index contributed by atoms with van der Waals surface area (Å²) in [5, 5.41) is 2.45. The number of hydrogen-bond donors (Lipinski definition) is 1. The van der Waals surface area contributed by atoms with Gasteiger partial charge in [0.25, 0.3) is 0 Å². The van der Waals surface area contributed by atoms with Gasteiger partial charge in [-0.05, 0) is 17.8 Å². The lowest BCUT2D eigenvalue weighted by atomic mass is 10.2. The SMILES string of the molecule is C=CNC(=O)/C=C/c1ccccc1. The highest BCUT2D eigenvalue weighted by molar-refractivity contribution is 5.92. The third-order valence-corrected chi connectivity index (χ3v) is 1.47. The van der Waals surface area contributed by atoms with Crippen LogP contribution in [0.25, 0.3) is 6.08 Å². The van der Waals surface area contributed by atoms with Crippen LogP contribution >= 0.6 is 0 Å². The average molecular weight is 173 g/mol. The van der Waals surface area contributed by atoms with Crippen molar-refractivity contribution in [1.82, 2.24) is 5.32 Å². The van der Waals surface area contributed by atoms with Crippen LogP contribution in [0.3, 0.4) is 0 Å². The first-order valence-electron chi connectivity index (χ1n) is 3.97. The van der Waals surface area contributed by atoms with Crippen LogP contribution in [-0.4, -0.2) is 5.91 Å². The molecule has 0 heterocycles. The Hall–Kier alpha value is -1.83. The molecule has 66 valence electrons. The van der Waals surface area contributed by atoms with E-state index in [1.165, 1.54) is 12.3 Å². The molecular weight excluding hydrogens is 162 g/mol. The maximum atomic E-state index is 10.9. The number of benzene rings is 1. The molecule has 0 saturated heterocycles. The van der Waals surface area contributed by atoms with Gasteiger partial charge in [0, 0.05) is 6.08 Å². The van der Waals surface area contributed by atoms with Crippen LogP contribution in [0.15, 0.2) is 49.2 Å². The quantitative estimate of drug-likeness (QED) is 0.695. The van der Waals surface area contributed by atoms with Crippen molar-refractivity contribution < 1.29 is 4.79 Å².